The summed E-state index contributed by atoms with van der Waals surface area (Å²) < 4.78 is 1.15. The van der Waals surface area contributed by atoms with Crippen molar-refractivity contribution in [1.82, 2.24) is 4.90 Å². The molecule has 17 heavy (non-hydrogen) atoms. The van der Waals surface area contributed by atoms with Crippen molar-refractivity contribution in [3.63, 3.8) is 0 Å². The molecule has 2 N–H and O–H groups in total. The highest BCUT2D eigenvalue weighted by molar-refractivity contribution is 9.10. The van der Waals surface area contributed by atoms with Gasteiger partial charge in [-0.25, -0.2) is 0 Å². The lowest BCUT2D eigenvalue weighted by atomic mass is 10.0. The van der Waals surface area contributed by atoms with Crippen LogP contribution >= 0.6 is 15.9 Å². The monoisotopic (exact) mass is 295 g/mol. The molecule has 2 rings (SSSR count). The zero-order valence-electron chi connectivity index (χ0n) is 10.3. The molecular weight excluding hydrogens is 278 g/mol. The first-order valence-corrected chi connectivity index (χ1v) is 6.75. The number of guanidine groups is 1. The van der Waals surface area contributed by atoms with Gasteiger partial charge in [0.2, 0.25) is 0 Å². The van der Waals surface area contributed by atoms with Crippen molar-refractivity contribution in [2.45, 2.75) is 26.3 Å². The molecule has 1 aliphatic heterocycles. The predicted molar refractivity (Wildman–Crippen MR) is 75.1 cm³/mol. The summed E-state index contributed by atoms with van der Waals surface area (Å²) in [6.07, 6.45) is 1.08. The number of rotatable bonds is 3. The highest BCUT2D eigenvalue weighted by atomic mass is 79.9. The van der Waals surface area contributed by atoms with Crippen LogP contribution in [0.4, 0.5) is 0 Å². The molecule has 3 nitrogen and oxygen atoms in total. The number of aliphatic imine (C=N–C) groups is 1. The van der Waals surface area contributed by atoms with Gasteiger partial charge in [0.05, 0.1) is 12.6 Å². The van der Waals surface area contributed by atoms with Crippen LogP contribution in [-0.2, 0) is 0 Å². The van der Waals surface area contributed by atoms with E-state index >= 15 is 0 Å². The Hall–Kier alpha value is -1.03. The van der Waals surface area contributed by atoms with Crippen LogP contribution in [0.3, 0.4) is 0 Å². The third-order valence-electron chi connectivity index (χ3n) is 3.08. The molecule has 0 bridgehead atoms. The molecular formula is C13H18BrN3. The van der Waals surface area contributed by atoms with E-state index in [0.29, 0.717) is 5.96 Å². The van der Waals surface area contributed by atoms with Crippen LogP contribution in [0.5, 0.6) is 0 Å². The lowest BCUT2D eigenvalue weighted by Crippen LogP contribution is -2.36. The maximum Gasteiger partial charge on any atom is 0.191 e. The fraction of sp³-hybridized carbons (Fsp3) is 0.462. The normalized spacial score (nSPS) is 19.6. The summed E-state index contributed by atoms with van der Waals surface area (Å²) >= 11 is 3.64. The molecule has 1 aliphatic rings. The average Bonchev–Trinajstić information content (AvgIpc) is 2.62. The summed E-state index contributed by atoms with van der Waals surface area (Å²) in [4.78, 5) is 6.55. The Morgan fingerprint density at radius 2 is 2.29 bits per heavy atom. The number of benzene rings is 1. The van der Waals surface area contributed by atoms with Crippen molar-refractivity contribution >= 4 is 21.9 Å². The highest BCUT2D eigenvalue weighted by Gasteiger charge is 2.27. The van der Waals surface area contributed by atoms with Gasteiger partial charge in [-0.3, -0.25) is 4.99 Å². The maximum absolute atomic E-state index is 5.93. The molecule has 1 aromatic rings. The lowest BCUT2D eigenvalue weighted by molar-refractivity contribution is 0.346. The molecule has 0 amide bonds. The van der Waals surface area contributed by atoms with Crippen molar-refractivity contribution in [2.75, 3.05) is 13.1 Å². The van der Waals surface area contributed by atoms with Gasteiger partial charge in [-0.2, -0.15) is 0 Å². The van der Waals surface area contributed by atoms with E-state index in [-0.39, 0.29) is 6.04 Å². The van der Waals surface area contributed by atoms with Crippen LogP contribution in [0.25, 0.3) is 0 Å². The molecule has 0 fully saturated rings. The largest absolute Gasteiger partial charge is 0.370 e. The van der Waals surface area contributed by atoms with E-state index in [9.17, 15) is 0 Å². The van der Waals surface area contributed by atoms with E-state index in [0.717, 1.165) is 24.0 Å². The summed E-state index contributed by atoms with van der Waals surface area (Å²) in [7, 11) is 0. The molecule has 1 heterocycles. The molecule has 1 atom stereocenters. The van der Waals surface area contributed by atoms with Crippen molar-refractivity contribution in [1.29, 1.82) is 0 Å². The van der Waals surface area contributed by atoms with E-state index in [1.807, 2.05) is 0 Å². The van der Waals surface area contributed by atoms with Gasteiger partial charge < -0.3 is 10.6 Å². The van der Waals surface area contributed by atoms with Gasteiger partial charge in [-0.1, -0.05) is 35.0 Å². The van der Waals surface area contributed by atoms with Crippen LogP contribution in [0, 0.1) is 6.92 Å². The van der Waals surface area contributed by atoms with Gasteiger partial charge in [0.25, 0.3) is 0 Å². The van der Waals surface area contributed by atoms with Crippen LogP contribution in [-0.4, -0.2) is 23.9 Å². The smallest absolute Gasteiger partial charge is 0.191 e. The predicted octanol–water partition coefficient (Wildman–Crippen LogP) is 2.84. The highest BCUT2D eigenvalue weighted by Crippen LogP contribution is 2.31. The summed E-state index contributed by atoms with van der Waals surface area (Å²) in [6.45, 7) is 5.97. The molecule has 1 aromatic carbocycles. The van der Waals surface area contributed by atoms with Crippen LogP contribution < -0.4 is 5.73 Å². The minimum Gasteiger partial charge on any atom is -0.370 e. The van der Waals surface area contributed by atoms with E-state index in [1.165, 1.54) is 11.1 Å². The minimum absolute atomic E-state index is 0.282. The van der Waals surface area contributed by atoms with Crippen LogP contribution in [0.15, 0.2) is 27.7 Å². The lowest BCUT2D eigenvalue weighted by Gasteiger charge is -2.27. The molecule has 0 saturated heterocycles. The third kappa shape index (κ3) is 2.46. The summed E-state index contributed by atoms with van der Waals surface area (Å²) in [6, 6.07) is 6.73. The molecule has 0 spiro atoms. The summed E-state index contributed by atoms with van der Waals surface area (Å²) in [5.74, 6) is 0.671. The molecule has 92 valence electrons. The topological polar surface area (TPSA) is 41.6 Å². The Bertz CT molecular complexity index is 442. The Labute approximate surface area is 111 Å². The fourth-order valence-electron chi connectivity index (χ4n) is 2.21. The molecule has 4 heteroatoms. The molecule has 0 saturated carbocycles. The fourth-order valence-corrected chi connectivity index (χ4v) is 2.97. The van der Waals surface area contributed by atoms with Gasteiger partial charge in [-0.15, -0.1) is 0 Å². The molecule has 0 radical (unpaired) electrons. The number of nitrogens with two attached hydrogens (primary N) is 1. The Morgan fingerprint density at radius 1 is 1.53 bits per heavy atom. The maximum atomic E-state index is 5.93. The summed E-state index contributed by atoms with van der Waals surface area (Å²) in [5.41, 5.74) is 8.46. The van der Waals surface area contributed by atoms with Gasteiger partial charge >= 0.3 is 0 Å². The quantitative estimate of drug-likeness (QED) is 0.932. The Morgan fingerprint density at radius 3 is 2.94 bits per heavy atom. The van der Waals surface area contributed by atoms with Crippen molar-refractivity contribution < 1.29 is 0 Å². The van der Waals surface area contributed by atoms with E-state index in [1.54, 1.807) is 0 Å². The Kier molecular flexibility index (Phi) is 3.72. The second-order valence-corrected chi connectivity index (χ2v) is 5.29. The minimum atomic E-state index is 0.282. The Balaban J connectivity index is 2.28. The first-order valence-electron chi connectivity index (χ1n) is 5.96. The number of halogens is 1. The zero-order valence-corrected chi connectivity index (χ0v) is 11.9. The molecule has 0 aromatic heterocycles. The van der Waals surface area contributed by atoms with Gasteiger partial charge in [0, 0.05) is 11.0 Å². The average molecular weight is 296 g/mol. The second-order valence-electron chi connectivity index (χ2n) is 4.43. The zero-order chi connectivity index (χ0) is 12.4. The van der Waals surface area contributed by atoms with Gasteiger partial charge in [-0.05, 0) is 30.5 Å². The van der Waals surface area contributed by atoms with Crippen LogP contribution in [0.1, 0.15) is 30.5 Å². The van der Waals surface area contributed by atoms with Gasteiger partial charge in [0.15, 0.2) is 5.96 Å². The first-order chi connectivity index (χ1) is 8.13. The van der Waals surface area contributed by atoms with E-state index < -0.39 is 0 Å². The number of hydrogen-bond acceptors (Lipinski definition) is 3. The van der Waals surface area contributed by atoms with Crippen molar-refractivity contribution in [2.24, 2.45) is 10.7 Å². The second kappa shape index (κ2) is 5.08. The third-order valence-corrected chi connectivity index (χ3v) is 3.76. The summed E-state index contributed by atoms with van der Waals surface area (Å²) in [5, 5.41) is 0. The van der Waals surface area contributed by atoms with Gasteiger partial charge in [0.1, 0.15) is 0 Å². The first kappa shape index (κ1) is 12.4. The van der Waals surface area contributed by atoms with Crippen molar-refractivity contribution in [3.8, 4) is 0 Å². The molecule has 0 aliphatic carbocycles. The SMILES string of the molecule is CCCN1C(N)=NCC1c1ccc(C)cc1Br. The number of nitrogens with zero attached hydrogens (tertiary/aromatic N) is 2. The van der Waals surface area contributed by atoms with E-state index in [2.05, 4.69) is 57.9 Å². The van der Waals surface area contributed by atoms with Crippen LogP contribution in [0.2, 0.25) is 0 Å². The van der Waals surface area contributed by atoms with Crippen molar-refractivity contribution in [3.05, 3.63) is 33.8 Å². The number of aryl methyl sites for hydroxylation is 1. The molecule has 1 unspecified atom stereocenters. The van der Waals surface area contributed by atoms with E-state index in [4.69, 9.17) is 5.73 Å². The standard InChI is InChI=1S/C13H18BrN3/c1-3-6-17-12(8-16-13(17)15)10-5-4-9(2)7-11(10)14/h4-5,7,12H,3,6,8H2,1-2H3,(H2,15,16). The number of hydrogen-bond donors (Lipinski definition) is 1.